The first-order valence-corrected chi connectivity index (χ1v) is 8.80. The standard InChI is InChI=1S/C15H15N3O5S/c19-18(20)13-5-1-2-6-14(13)23-15-8-7-12(11-16-15)24(21,22)17-9-3-4-10-17/h1-2,5-8,11H,3-4,9-10H2. The zero-order valence-corrected chi connectivity index (χ0v) is 13.5. The van der Waals surface area contributed by atoms with Crippen LogP contribution in [0.4, 0.5) is 5.69 Å². The molecule has 9 heteroatoms. The molecule has 1 aliphatic heterocycles. The molecule has 2 heterocycles. The summed E-state index contributed by atoms with van der Waals surface area (Å²) in [6.45, 7) is 1.02. The molecule has 0 spiro atoms. The van der Waals surface area contributed by atoms with Gasteiger partial charge in [0.1, 0.15) is 4.90 Å². The fraction of sp³-hybridized carbons (Fsp3) is 0.267. The highest BCUT2D eigenvalue weighted by Gasteiger charge is 2.27. The van der Waals surface area contributed by atoms with Gasteiger partial charge in [-0.15, -0.1) is 0 Å². The van der Waals surface area contributed by atoms with Crippen LogP contribution < -0.4 is 4.74 Å². The Morgan fingerprint density at radius 2 is 1.83 bits per heavy atom. The van der Waals surface area contributed by atoms with Gasteiger partial charge in [0, 0.05) is 25.2 Å². The van der Waals surface area contributed by atoms with Crippen molar-refractivity contribution in [3.8, 4) is 11.6 Å². The van der Waals surface area contributed by atoms with Crippen molar-refractivity contribution < 1.29 is 18.1 Å². The summed E-state index contributed by atoms with van der Waals surface area (Å²) in [6.07, 6.45) is 2.91. The minimum atomic E-state index is -3.54. The van der Waals surface area contributed by atoms with Gasteiger partial charge in [0.15, 0.2) is 0 Å². The van der Waals surface area contributed by atoms with Crippen molar-refractivity contribution in [2.75, 3.05) is 13.1 Å². The number of hydrogen-bond donors (Lipinski definition) is 0. The molecule has 3 rings (SSSR count). The SMILES string of the molecule is O=[N+]([O-])c1ccccc1Oc1ccc(S(=O)(=O)N2CCCC2)cn1. The molecule has 0 amide bonds. The van der Waals surface area contributed by atoms with E-state index >= 15 is 0 Å². The van der Waals surface area contributed by atoms with E-state index in [0.29, 0.717) is 13.1 Å². The van der Waals surface area contributed by atoms with Crippen LogP contribution in [-0.4, -0.2) is 35.7 Å². The van der Waals surface area contributed by atoms with E-state index in [0.717, 1.165) is 12.8 Å². The lowest BCUT2D eigenvalue weighted by Crippen LogP contribution is -2.27. The number of hydrogen-bond acceptors (Lipinski definition) is 6. The van der Waals surface area contributed by atoms with Crippen LogP contribution in [0.1, 0.15) is 12.8 Å². The molecule has 0 N–H and O–H groups in total. The van der Waals surface area contributed by atoms with Crippen LogP contribution in [0.5, 0.6) is 11.6 Å². The van der Waals surface area contributed by atoms with E-state index in [1.807, 2.05) is 0 Å². The van der Waals surface area contributed by atoms with E-state index in [1.54, 1.807) is 6.07 Å². The summed E-state index contributed by atoms with van der Waals surface area (Å²) in [4.78, 5) is 14.5. The van der Waals surface area contributed by atoms with Crippen molar-refractivity contribution in [3.05, 3.63) is 52.7 Å². The molecule has 2 aromatic rings. The van der Waals surface area contributed by atoms with Crippen molar-refractivity contribution in [2.45, 2.75) is 17.7 Å². The van der Waals surface area contributed by atoms with Gasteiger partial charge < -0.3 is 4.74 Å². The highest BCUT2D eigenvalue weighted by Crippen LogP contribution is 2.30. The number of nitrogens with zero attached hydrogens (tertiary/aromatic N) is 3. The fourth-order valence-electron chi connectivity index (χ4n) is 2.46. The molecule has 1 aliphatic rings. The Bertz CT molecular complexity index is 846. The van der Waals surface area contributed by atoms with Gasteiger partial charge in [-0.2, -0.15) is 4.31 Å². The van der Waals surface area contributed by atoms with Crippen molar-refractivity contribution >= 4 is 15.7 Å². The zero-order valence-electron chi connectivity index (χ0n) is 12.7. The number of nitro benzene ring substituents is 1. The van der Waals surface area contributed by atoms with E-state index in [4.69, 9.17) is 4.74 Å². The highest BCUT2D eigenvalue weighted by atomic mass is 32.2. The summed E-state index contributed by atoms with van der Waals surface area (Å²) in [5, 5.41) is 11.0. The van der Waals surface area contributed by atoms with Gasteiger partial charge in [-0.05, 0) is 25.0 Å². The van der Waals surface area contributed by atoms with Crippen molar-refractivity contribution in [2.24, 2.45) is 0 Å². The summed E-state index contributed by atoms with van der Waals surface area (Å²) in [5.74, 6) is 0.134. The molecular formula is C15H15N3O5S. The first-order valence-electron chi connectivity index (χ1n) is 7.36. The predicted octanol–water partition coefficient (Wildman–Crippen LogP) is 2.57. The molecule has 1 saturated heterocycles. The van der Waals surface area contributed by atoms with Gasteiger partial charge in [0.25, 0.3) is 0 Å². The lowest BCUT2D eigenvalue weighted by Gasteiger charge is -2.15. The minimum absolute atomic E-state index is 0.0464. The van der Waals surface area contributed by atoms with Crippen molar-refractivity contribution in [1.29, 1.82) is 0 Å². The highest BCUT2D eigenvalue weighted by molar-refractivity contribution is 7.89. The molecule has 1 aromatic carbocycles. The molecule has 1 fully saturated rings. The number of para-hydroxylation sites is 2. The van der Waals surface area contributed by atoms with Crippen LogP contribution in [0.15, 0.2) is 47.5 Å². The van der Waals surface area contributed by atoms with Gasteiger partial charge in [0.2, 0.25) is 21.7 Å². The topological polar surface area (TPSA) is 103 Å². The second-order valence-corrected chi connectivity index (χ2v) is 7.21. The Kier molecular flexibility index (Phi) is 4.45. The normalized spacial score (nSPS) is 15.3. The van der Waals surface area contributed by atoms with E-state index in [9.17, 15) is 18.5 Å². The number of ether oxygens (including phenoxy) is 1. The number of rotatable bonds is 5. The van der Waals surface area contributed by atoms with Crippen molar-refractivity contribution in [1.82, 2.24) is 9.29 Å². The monoisotopic (exact) mass is 349 g/mol. The van der Waals surface area contributed by atoms with Crippen LogP contribution in [0.2, 0.25) is 0 Å². The average molecular weight is 349 g/mol. The Labute approximate surface area is 138 Å². The Balaban J connectivity index is 1.82. The molecule has 0 aliphatic carbocycles. The molecule has 126 valence electrons. The van der Waals surface area contributed by atoms with Crippen LogP contribution >= 0.6 is 0 Å². The molecule has 24 heavy (non-hydrogen) atoms. The van der Waals surface area contributed by atoms with E-state index in [-0.39, 0.29) is 22.2 Å². The molecule has 0 bridgehead atoms. The summed E-state index contributed by atoms with van der Waals surface area (Å²) in [5.41, 5.74) is -0.187. The number of benzene rings is 1. The molecule has 0 radical (unpaired) electrons. The fourth-order valence-corrected chi connectivity index (χ4v) is 3.93. The van der Waals surface area contributed by atoms with Gasteiger partial charge in [-0.25, -0.2) is 13.4 Å². The predicted molar refractivity (Wildman–Crippen MR) is 85.4 cm³/mol. The average Bonchev–Trinajstić information content (AvgIpc) is 3.11. The van der Waals surface area contributed by atoms with Gasteiger partial charge in [-0.3, -0.25) is 10.1 Å². The Morgan fingerprint density at radius 1 is 1.12 bits per heavy atom. The smallest absolute Gasteiger partial charge is 0.311 e. The molecule has 0 saturated carbocycles. The van der Waals surface area contributed by atoms with E-state index in [1.165, 1.54) is 40.8 Å². The first kappa shape index (κ1) is 16.3. The van der Waals surface area contributed by atoms with Crippen LogP contribution in [0.25, 0.3) is 0 Å². The maximum Gasteiger partial charge on any atom is 0.311 e. The summed E-state index contributed by atoms with van der Waals surface area (Å²) < 4.78 is 31.6. The second-order valence-electron chi connectivity index (χ2n) is 5.27. The first-order chi connectivity index (χ1) is 11.5. The molecule has 8 nitrogen and oxygen atoms in total. The molecule has 1 aromatic heterocycles. The lowest BCUT2D eigenvalue weighted by molar-refractivity contribution is -0.385. The van der Waals surface area contributed by atoms with Gasteiger partial charge in [0.05, 0.1) is 11.1 Å². The molecule has 0 unspecified atom stereocenters. The number of pyridine rings is 1. The zero-order chi connectivity index (χ0) is 17.2. The van der Waals surface area contributed by atoms with E-state index < -0.39 is 14.9 Å². The number of sulfonamides is 1. The maximum absolute atomic E-state index is 12.4. The van der Waals surface area contributed by atoms with Crippen LogP contribution in [0, 0.1) is 10.1 Å². The Morgan fingerprint density at radius 3 is 2.46 bits per heavy atom. The van der Waals surface area contributed by atoms with Gasteiger partial charge >= 0.3 is 5.69 Å². The second kappa shape index (κ2) is 6.54. The van der Waals surface area contributed by atoms with Crippen LogP contribution in [-0.2, 0) is 10.0 Å². The number of aromatic nitrogens is 1. The quantitative estimate of drug-likeness (QED) is 0.607. The lowest BCUT2D eigenvalue weighted by atomic mass is 10.3. The largest absolute Gasteiger partial charge is 0.432 e. The van der Waals surface area contributed by atoms with Gasteiger partial charge in [-0.1, -0.05) is 12.1 Å². The molecular weight excluding hydrogens is 334 g/mol. The minimum Gasteiger partial charge on any atom is -0.432 e. The van der Waals surface area contributed by atoms with Crippen molar-refractivity contribution in [3.63, 3.8) is 0 Å². The summed E-state index contributed by atoms with van der Waals surface area (Å²) >= 11 is 0. The maximum atomic E-state index is 12.4. The third-order valence-corrected chi connectivity index (χ3v) is 5.57. The number of nitro groups is 1. The third kappa shape index (κ3) is 3.22. The summed E-state index contributed by atoms with van der Waals surface area (Å²) in [6, 6.07) is 8.69. The van der Waals surface area contributed by atoms with Crippen LogP contribution in [0.3, 0.4) is 0 Å². The summed E-state index contributed by atoms with van der Waals surface area (Å²) in [7, 11) is -3.54. The third-order valence-electron chi connectivity index (χ3n) is 3.69. The Hall–Kier alpha value is -2.52. The van der Waals surface area contributed by atoms with E-state index in [2.05, 4.69) is 4.98 Å². The molecule has 0 atom stereocenters.